The van der Waals surface area contributed by atoms with Crippen LogP contribution in [-0.4, -0.2) is 37.0 Å². The molecule has 1 atom stereocenters. The Kier molecular flexibility index (Phi) is 3.41. The predicted molar refractivity (Wildman–Crippen MR) is 64.0 cm³/mol. The summed E-state index contributed by atoms with van der Waals surface area (Å²) in [6, 6.07) is 8.10. The van der Waals surface area contributed by atoms with Gasteiger partial charge in [0.1, 0.15) is 0 Å². The average molecular weight is 219 g/mol. The molecule has 2 rings (SSSR count). The smallest absolute Gasteiger partial charge is 0.210 e. The Morgan fingerprint density at radius 2 is 2.19 bits per heavy atom. The van der Waals surface area contributed by atoms with Crippen LogP contribution in [0.5, 0.6) is 0 Å². The maximum atomic E-state index is 10.9. The molecule has 1 amide bonds. The van der Waals surface area contributed by atoms with E-state index in [0.29, 0.717) is 0 Å². The first-order chi connectivity index (χ1) is 7.79. The molecule has 0 radical (unpaired) electrons. The second-order valence-electron chi connectivity index (χ2n) is 4.15. The molecule has 1 saturated heterocycles. The van der Waals surface area contributed by atoms with Gasteiger partial charge in [-0.15, -0.1) is 0 Å². The van der Waals surface area contributed by atoms with Crippen LogP contribution in [0.15, 0.2) is 24.3 Å². The average Bonchev–Trinajstić information content (AvgIpc) is 2.33. The maximum Gasteiger partial charge on any atom is 0.210 e. The van der Waals surface area contributed by atoms with Gasteiger partial charge in [-0.1, -0.05) is 12.1 Å². The standard InChI is InChI=1S/C12H17N3O/c13-11-3-1-10(2-4-11)7-12-8-14-5-6-15(12)9-16/h1-4,9,12,14H,5-8,13H2. The minimum absolute atomic E-state index is 0.259. The molecule has 1 unspecified atom stereocenters. The van der Waals surface area contributed by atoms with Crippen LogP contribution in [-0.2, 0) is 11.2 Å². The van der Waals surface area contributed by atoms with Crippen LogP contribution in [0, 0.1) is 0 Å². The van der Waals surface area contributed by atoms with Gasteiger partial charge >= 0.3 is 0 Å². The van der Waals surface area contributed by atoms with E-state index in [2.05, 4.69) is 5.32 Å². The fourth-order valence-corrected chi connectivity index (χ4v) is 2.03. The SMILES string of the molecule is Nc1ccc(CC2CNCCN2C=O)cc1. The van der Waals surface area contributed by atoms with E-state index in [4.69, 9.17) is 5.73 Å². The van der Waals surface area contributed by atoms with E-state index >= 15 is 0 Å². The number of nitrogens with two attached hydrogens (primary N) is 1. The number of piperazine rings is 1. The van der Waals surface area contributed by atoms with Crippen molar-refractivity contribution < 1.29 is 4.79 Å². The first-order valence-electron chi connectivity index (χ1n) is 5.56. The number of carbonyl (C=O) groups is 1. The van der Waals surface area contributed by atoms with Crippen molar-refractivity contribution in [2.24, 2.45) is 0 Å². The van der Waals surface area contributed by atoms with Gasteiger partial charge in [-0.3, -0.25) is 4.79 Å². The first-order valence-corrected chi connectivity index (χ1v) is 5.56. The number of hydrogen-bond acceptors (Lipinski definition) is 3. The van der Waals surface area contributed by atoms with Crippen molar-refractivity contribution in [2.75, 3.05) is 25.4 Å². The lowest BCUT2D eigenvalue weighted by Gasteiger charge is -2.33. The van der Waals surface area contributed by atoms with Gasteiger partial charge in [-0.2, -0.15) is 0 Å². The number of amides is 1. The van der Waals surface area contributed by atoms with Crippen LogP contribution in [0.3, 0.4) is 0 Å². The number of anilines is 1. The molecule has 0 aliphatic carbocycles. The van der Waals surface area contributed by atoms with Crippen molar-refractivity contribution in [3.05, 3.63) is 29.8 Å². The van der Waals surface area contributed by atoms with Gasteiger partial charge in [0.15, 0.2) is 0 Å². The lowest BCUT2D eigenvalue weighted by Crippen LogP contribution is -2.51. The minimum Gasteiger partial charge on any atom is -0.399 e. The van der Waals surface area contributed by atoms with Gasteiger partial charge in [-0.05, 0) is 24.1 Å². The van der Waals surface area contributed by atoms with E-state index in [1.165, 1.54) is 5.56 Å². The van der Waals surface area contributed by atoms with Crippen LogP contribution in [0.25, 0.3) is 0 Å². The van der Waals surface area contributed by atoms with Crippen molar-refractivity contribution in [2.45, 2.75) is 12.5 Å². The van der Waals surface area contributed by atoms with Gasteiger partial charge in [0.25, 0.3) is 0 Å². The van der Waals surface area contributed by atoms with Gasteiger partial charge in [0.05, 0.1) is 0 Å². The molecule has 1 heterocycles. The lowest BCUT2D eigenvalue weighted by atomic mass is 10.0. The monoisotopic (exact) mass is 219 g/mol. The molecule has 4 heteroatoms. The number of benzene rings is 1. The van der Waals surface area contributed by atoms with E-state index in [1.54, 1.807) is 0 Å². The van der Waals surface area contributed by atoms with Gasteiger partial charge < -0.3 is 16.0 Å². The van der Waals surface area contributed by atoms with Crippen molar-refractivity contribution in [3.63, 3.8) is 0 Å². The predicted octanol–water partition coefficient (Wildman–Crippen LogP) is 0.242. The first kappa shape index (κ1) is 11.0. The molecule has 1 aromatic rings. The zero-order chi connectivity index (χ0) is 11.4. The molecule has 0 saturated carbocycles. The third-order valence-electron chi connectivity index (χ3n) is 2.98. The highest BCUT2D eigenvalue weighted by Crippen LogP contribution is 2.11. The van der Waals surface area contributed by atoms with E-state index in [0.717, 1.165) is 38.2 Å². The van der Waals surface area contributed by atoms with Crippen LogP contribution in [0.2, 0.25) is 0 Å². The van der Waals surface area contributed by atoms with E-state index in [9.17, 15) is 4.79 Å². The van der Waals surface area contributed by atoms with Gasteiger partial charge in [-0.25, -0.2) is 0 Å². The van der Waals surface area contributed by atoms with Crippen molar-refractivity contribution in [3.8, 4) is 0 Å². The molecule has 16 heavy (non-hydrogen) atoms. The van der Waals surface area contributed by atoms with E-state index in [1.807, 2.05) is 29.2 Å². The zero-order valence-corrected chi connectivity index (χ0v) is 9.23. The van der Waals surface area contributed by atoms with Crippen LogP contribution < -0.4 is 11.1 Å². The Hall–Kier alpha value is -1.55. The number of hydrogen-bond donors (Lipinski definition) is 2. The largest absolute Gasteiger partial charge is 0.399 e. The molecule has 1 aliphatic rings. The summed E-state index contributed by atoms with van der Waals surface area (Å²) in [6.45, 7) is 2.54. The topological polar surface area (TPSA) is 58.4 Å². The van der Waals surface area contributed by atoms with E-state index < -0.39 is 0 Å². The Morgan fingerprint density at radius 1 is 1.44 bits per heavy atom. The summed E-state index contributed by atoms with van der Waals surface area (Å²) in [6.07, 6.45) is 1.83. The fraction of sp³-hybridized carbons (Fsp3) is 0.417. The summed E-state index contributed by atoms with van der Waals surface area (Å²) < 4.78 is 0. The van der Waals surface area contributed by atoms with Crippen LogP contribution in [0.1, 0.15) is 5.56 Å². The molecule has 1 fully saturated rings. The second-order valence-corrected chi connectivity index (χ2v) is 4.15. The van der Waals surface area contributed by atoms with E-state index in [-0.39, 0.29) is 6.04 Å². The number of nitrogen functional groups attached to an aromatic ring is 1. The Bertz CT molecular complexity index is 350. The van der Waals surface area contributed by atoms with Crippen LogP contribution in [0.4, 0.5) is 5.69 Å². The van der Waals surface area contributed by atoms with Crippen molar-refractivity contribution in [1.29, 1.82) is 0 Å². The summed E-state index contributed by atoms with van der Waals surface area (Å²) in [5.74, 6) is 0. The molecule has 1 aliphatic heterocycles. The third-order valence-corrected chi connectivity index (χ3v) is 2.98. The van der Waals surface area contributed by atoms with Crippen molar-refractivity contribution in [1.82, 2.24) is 10.2 Å². The summed E-state index contributed by atoms with van der Waals surface area (Å²) >= 11 is 0. The fourth-order valence-electron chi connectivity index (χ4n) is 2.03. The quantitative estimate of drug-likeness (QED) is 0.565. The maximum absolute atomic E-state index is 10.9. The number of nitrogens with zero attached hydrogens (tertiary/aromatic N) is 1. The third kappa shape index (κ3) is 2.52. The molecule has 1 aromatic carbocycles. The minimum atomic E-state index is 0.259. The highest BCUT2D eigenvalue weighted by Gasteiger charge is 2.20. The zero-order valence-electron chi connectivity index (χ0n) is 9.23. The molecular weight excluding hydrogens is 202 g/mol. The summed E-state index contributed by atoms with van der Waals surface area (Å²) in [7, 11) is 0. The lowest BCUT2D eigenvalue weighted by molar-refractivity contribution is -0.120. The number of rotatable bonds is 3. The summed E-state index contributed by atoms with van der Waals surface area (Å²) in [5, 5.41) is 3.31. The van der Waals surface area contributed by atoms with Gasteiger partial charge in [0.2, 0.25) is 6.41 Å². The molecule has 86 valence electrons. The summed E-state index contributed by atoms with van der Waals surface area (Å²) in [5.41, 5.74) is 7.63. The number of carbonyl (C=O) groups excluding carboxylic acids is 1. The number of nitrogens with one attached hydrogen (secondary N) is 1. The normalized spacial score (nSPS) is 20.8. The van der Waals surface area contributed by atoms with Crippen LogP contribution >= 0.6 is 0 Å². The van der Waals surface area contributed by atoms with Gasteiger partial charge in [0, 0.05) is 31.4 Å². The highest BCUT2D eigenvalue weighted by atomic mass is 16.1. The van der Waals surface area contributed by atoms with Crippen molar-refractivity contribution >= 4 is 12.1 Å². The molecule has 0 spiro atoms. The summed E-state index contributed by atoms with van der Waals surface area (Å²) in [4.78, 5) is 12.8. The molecular formula is C12H17N3O. The molecule has 0 aromatic heterocycles. The Labute approximate surface area is 95.4 Å². The Morgan fingerprint density at radius 3 is 2.88 bits per heavy atom. The Balaban J connectivity index is 2.02. The molecule has 4 nitrogen and oxygen atoms in total. The molecule has 0 bridgehead atoms. The highest BCUT2D eigenvalue weighted by molar-refractivity contribution is 5.48. The molecule has 3 N–H and O–H groups in total. The second kappa shape index (κ2) is 4.99.